The zero-order valence-corrected chi connectivity index (χ0v) is 43.5. The van der Waals surface area contributed by atoms with Crippen LogP contribution in [0.1, 0.15) is 286 Å². The van der Waals surface area contributed by atoms with Crippen LogP contribution < -0.4 is 5.32 Å². The summed E-state index contributed by atoms with van der Waals surface area (Å²) in [7, 11) is 2.01. The topological polar surface area (TPSA) is 84.9 Å². The van der Waals surface area contributed by atoms with E-state index in [1.165, 1.54) is 141 Å². The first-order valence-electron chi connectivity index (χ1n) is 28.1. The van der Waals surface area contributed by atoms with Crippen molar-refractivity contribution in [2.45, 2.75) is 292 Å². The van der Waals surface area contributed by atoms with Crippen LogP contribution in [0.25, 0.3) is 0 Å². The molecule has 3 atom stereocenters. The van der Waals surface area contributed by atoms with Crippen LogP contribution in [0.3, 0.4) is 0 Å². The molecule has 0 aromatic heterocycles. The number of carbonyl (C=O) groups is 3. The first-order chi connectivity index (χ1) is 30.8. The van der Waals surface area contributed by atoms with E-state index in [0.717, 1.165) is 103 Å². The van der Waals surface area contributed by atoms with Crippen LogP contribution in [-0.2, 0) is 23.9 Å². The lowest BCUT2D eigenvalue weighted by molar-refractivity contribution is -0.146. The van der Waals surface area contributed by atoms with E-state index in [2.05, 4.69) is 51.8 Å². The number of hydrogen-bond donors (Lipinski definition) is 1. The third kappa shape index (κ3) is 37.2. The van der Waals surface area contributed by atoms with Gasteiger partial charge in [-0.1, -0.05) is 202 Å². The molecule has 0 saturated heterocycles. The predicted octanol–water partition coefficient (Wildman–Crippen LogP) is 16.3. The monoisotopic (exact) mass is 891 g/mol. The van der Waals surface area contributed by atoms with E-state index >= 15 is 0 Å². The third-order valence-electron chi connectivity index (χ3n) is 13.7. The van der Waals surface area contributed by atoms with Gasteiger partial charge in [-0.05, 0) is 96.1 Å². The van der Waals surface area contributed by atoms with Gasteiger partial charge in [0.25, 0.3) is 0 Å². The van der Waals surface area contributed by atoms with E-state index in [-0.39, 0.29) is 17.9 Å². The van der Waals surface area contributed by atoms with Crippen molar-refractivity contribution in [3.8, 4) is 0 Å². The molecule has 0 aromatic rings. The van der Waals surface area contributed by atoms with Gasteiger partial charge >= 0.3 is 11.9 Å². The summed E-state index contributed by atoms with van der Waals surface area (Å²) in [5.74, 6) is 1.56. The summed E-state index contributed by atoms with van der Waals surface area (Å²) in [5, 5.41) is 3.32. The smallest absolute Gasteiger partial charge is 0.305 e. The number of esters is 2. The van der Waals surface area contributed by atoms with Crippen LogP contribution in [0.15, 0.2) is 0 Å². The molecule has 0 aliphatic carbocycles. The summed E-state index contributed by atoms with van der Waals surface area (Å²) in [4.78, 5) is 41.8. The van der Waals surface area contributed by atoms with E-state index in [0.29, 0.717) is 49.8 Å². The maximum Gasteiger partial charge on any atom is 0.305 e. The number of nitrogens with one attached hydrogen (secondary N) is 1. The highest BCUT2D eigenvalue weighted by Gasteiger charge is 2.28. The number of unbranched alkanes of at least 4 members (excludes halogenated alkanes) is 20. The molecule has 0 rings (SSSR count). The van der Waals surface area contributed by atoms with Gasteiger partial charge in [0.2, 0.25) is 5.91 Å². The fraction of sp³-hybridized carbons (Fsp3) is 0.946. The summed E-state index contributed by atoms with van der Waals surface area (Å²) in [6.45, 7) is 16.4. The summed E-state index contributed by atoms with van der Waals surface area (Å²) in [6.07, 6.45) is 42.9. The SMILES string of the molecule is CCCCCCC(CCCC)COC(=O)CCCCCCCCC(CCCCCCCCC(=O)OCC(CCCC)CCCCCC)N(CCCNC)C(=O)C(CC)CCCCC. The van der Waals surface area contributed by atoms with Crippen LogP contribution in [-0.4, -0.2) is 62.1 Å². The number of hydrogen-bond acceptors (Lipinski definition) is 6. The Morgan fingerprint density at radius 3 is 1.22 bits per heavy atom. The Bertz CT molecular complexity index is 950. The second-order valence-corrected chi connectivity index (χ2v) is 19.6. The Hall–Kier alpha value is -1.63. The molecule has 63 heavy (non-hydrogen) atoms. The van der Waals surface area contributed by atoms with Crippen molar-refractivity contribution >= 4 is 17.8 Å². The van der Waals surface area contributed by atoms with E-state index in [1.54, 1.807) is 0 Å². The van der Waals surface area contributed by atoms with Crippen LogP contribution in [0.5, 0.6) is 0 Å². The second kappa shape index (κ2) is 46.9. The Morgan fingerprint density at radius 1 is 0.429 bits per heavy atom. The van der Waals surface area contributed by atoms with Gasteiger partial charge in [-0.25, -0.2) is 0 Å². The fourth-order valence-corrected chi connectivity index (χ4v) is 9.34. The molecule has 0 aliphatic heterocycles. The number of carbonyl (C=O) groups excluding carboxylic acids is 3. The van der Waals surface area contributed by atoms with Crippen molar-refractivity contribution in [2.24, 2.45) is 17.8 Å². The molecule has 0 spiro atoms. The molecule has 1 N–H and O–H groups in total. The number of ether oxygens (including phenoxy) is 2. The van der Waals surface area contributed by atoms with Gasteiger partial charge < -0.3 is 19.7 Å². The van der Waals surface area contributed by atoms with Gasteiger partial charge in [-0.2, -0.15) is 0 Å². The number of nitrogens with zero attached hydrogens (tertiary/aromatic N) is 1. The van der Waals surface area contributed by atoms with Crippen LogP contribution in [0, 0.1) is 17.8 Å². The van der Waals surface area contributed by atoms with Crippen LogP contribution in [0.4, 0.5) is 0 Å². The Balaban J connectivity index is 4.98. The summed E-state index contributed by atoms with van der Waals surface area (Å²) in [6, 6.07) is 0.305. The molecular formula is C56H110N2O5. The van der Waals surface area contributed by atoms with Gasteiger partial charge in [0.1, 0.15) is 0 Å². The van der Waals surface area contributed by atoms with Crippen molar-refractivity contribution in [1.29, 1.82) is 0 Å². The molecule has 0 heterocycles. The standard InChI is InChI=1S/C56H110N2O5/c1-8-14-19-30-39-50(37-17-11-4)48-62-54(59)44-34-27-23-21-25-32-42-53(58(47-36-46-57-7)56(61)52(13-6)41-29-16-10-3)43-33-26-22-24-28-35-45-55(60)63-49-51(38-18-12-5)40-31-20-15-9-2/h50-53,57H,8-49H2,1-7H3. The zero-order valence-electron chi connectivity index (χ0n) is 43.5. The van der Waals surface area contributed by atoms with Crippen molar-refractivity contribution in [2.75, 3.05) is 33.4 Å². The molecule has 1 amide bonds. The lowest BCUT2D eigenvalue weighted by Gasteiger charge is -2.35. The van der Waals surface area contributed by atoms with Gasteiger partial charge in [-0.15, -0.1) is 0 Å². The molecule has 0 radical (unpaired) electrons. The summed E-state index contributed by atoms with van der Waals surface area (Å²) in [5.41, 5.74) is 0. The van der Waals surface area contributed by atoms with Gasteiger partial charge in [0, 0.05) is 31.3 Å². The molecule has 0 bridgehead atoms. The molecular weight excluding hydrogens is 781 g/mol. The van der Waals surface area contributed by atoms with E-state index in [9.17, 15) is 14.4 Å². The average Bonchev–Trinajstić information content (AvgIpc) is 3.29. The van der Waals surface area contributed by atoms with Crippen molar-refractivity contribution in [3.05, 3.63) is 0 Å². The molecule has 0 saturated carbocycles. The zero-order chi connectivity index (χ0) is 46.4. The maximum atomic E-state index is 14.3. The molecule has 7 heteroatoms. The maximum absolute atomic E-state index is 14.3. The first kappa shape index (κ1) is 61.4. The molecule has 0 aromatic carbocycles. The minimum atomic E-state index is -0.00873. The van der Waals surface area contributed by atoms with Crippen molar-refractivity contribution < 1.29 is 23.9 Å². The molecule has 0 aliphatic rings. The highest BCUT2D eigenvalue weighted by atomic mass is 16.5. The number of rotatable bonds is 49. The largest absolute Gasteiger partial charge is 0.465 e. The first-order valence-corrected chi connectivity index (χ1v) is 28.1. The summed E-state index contributed by atoms with van der Waals surface area (Å²) < 4.78 is 11.6. The Morgan fingerprint density at radius 2 is 0.794 bits per heavy atom. The average molecular weight is 892 g/mol. The molecule has 7 nitrogen and oxygen atoms in total. The van der Waals surface area contributed by atoms with E-state index < -0.39 is 0 Å². The van der Waals surface area contributed by atoms with Crippen molar-refractivity contribution in [3.63, 3.8) is 0 Å². The van der Waals surface area contributed by atoms with E-state index in [1.807, 2.05) is 7.05 Å². The summed E-state index contributed by atoms with van der Waals surface area (Å²) >= 11 is 0. The molecule has 374 valence electrons. The lowest BCUT2D eigenvalue weighted by atomic mass is 9.93. The van der Waals surface area contributed by atoms with Crippen LogP contribution >= 0.6 is 0 Å². The van der Waals surface area contributed by atoms with E-state index in [4.69, 9.17) is 9.47 Å². The highest BCUT2D eigenvalue weighted by molar-refractivity contribution is 5.79. The Labute approximate surface area is 393 Å². The second-order valence-electron chi connectivity index (χ2n) is 19.6. The molecule has 0 fully saturated rings. The normalized spacial score (nSPS) is 13.4. The number of amides is 1. The Kier molecular flexibility index (Phi) is 45.7. The van der Waals surface area contributed by atoms with Crippen molar-refractivity contribution in [1.82, 2.24) is 10.2 Å². The van der Waals surface area contributed by atoms with Crippen LogP contribution in [0.2, 0.25) is 0 Å². The minimum absolute atomic E-state index is 0.00873. The van der Waals surface area contributed by atoms with Gasteiger partial charge in [-0.3, -0.25) is 14.4 Å². The minimum Gasteiger partial charge on any atom is -0.465 e. The fourth-order valence-electron chi connectivity index (χ4n) is 9.34. The van der Waals surface area contributed by atoms with Gasteiger partial charge in [0.05, 0.1) is 13.2 Å². The lowest BCUT2D eigenvalue weighted by Crippen LogP contribution is -2.44. The quantitative estimate of drug-likeness (QED) is 0.0484. The third-order valence-corrected chi connectivity index (χ3v) is 13.7. The molecule has 3 unspecified atom stereocenters. The highest BCUT2D eigenvalue weighted by Crippen LogP contribution is 2.25. The van der Waals surface area contributed by atoms with Gasteiger partial charge in [0.15, 0.2) is 0 Å². The predicted molar refractivity (Wildman–Crippen MR) is 271 cm³/mol.